The zero-order valence-corrected chi connectivity index (χ0v) is 35.4. The third kappa shape index (κ3) is 4.62. The molecule has 0 aliphatic heterocycles. The molecule has 0 unspecified atom stereocenters. The highest BCUT2D eigenvalue weighted by Crippen LogP contribution is 2.50. The van der Waals surface area contributed by atoms with Gasteiger partial charge in [0.1, 0.15) is 0 Å². The summed E-state index contributed by atoms with van der Waals surface area (Å²) in [5, 5.41) is 18.1. The molecule has 2 aromatic heterocycles. The Hall–Kier alpha value is -8.04. The summed E-state index contributed by atoms with van der Waals surface area (Å²) in [7, 11) is 0. The second-order valence-corrected chi connectivity index (χ2v) is 18.6. The maximum atomic E-state index is 2.50. The molecule has 0 N–H and O–H groups in total. The van der Waals surface area contributed by atoms with Crippen LogP contribution in [0.5, 0.6) is 0 Å². The van der Waals surface area contributed by atoms with E-state index >= 15 is 0 Å². The summed E-state index contributed by atoms with van der Waals surface area (Å²) in [6.45, 7) is 0. The van der Waals surface area contributed by atoms with Crippen molar-refractivity contribution in [3.05, 3.63) is 212 Å². The molecule has 294 valence electrons. The average Bonchev–Trinajstić information content (AvgIpc) is 4.02. The lowest BCUT2D eigenvalue weighted by molar-refractivity contribution is 1.19. The van der Waals surface area contributed by atoms with E-state index in [4.69, 9.17) is 0 Å². The zero-order valence-electron chi connectivity index (χ0n) is 34.6. The molecule has 0 saturated heterocycles. The Morgan fingerprint density at radius 3 is 1.67 bits per heavy atom. The second-order valence-electron chi connectivity index (χ2n) is 17.5. The minimum Gasteiger partial charge on any atom is -0.309 e. The van der Waals surface area contributed by atoms with E-state index in [1.165, 1.54) is 146 Å². The molecule has 64 heavy (non-hydrogen) atoms. The Labute approximate surface area is 372 Å². The first kappa shape index (κ1) is 34.5. The minimum absolute atomic E-state index is 1.17. The quantitative estimate of drug-likeness (QED) is 0.156. The van der Waals surface area contributed by atoms with Crippen LogP contribution in [0.15, 0.2) is 212 Å². The number of fused-ring (bicyclic) bond motifs is 18. The van der Waals surface area contributed by atoms with Gasteiger partial charge in [0.15, 0.2) is 0 Å². The average molecular weight is 826 g/mol. The van der Waals surface area contributed by atoms with Gasteiger partial charge in [-0.15, -0.1) is 11.3 Å². The predicted molar refractivity (Wildman–Crippen MR) is 277 cm³/mol. The molecule has 0 radical (unpaired) electrons. The van der Waals surface area contributed by atoms with E-state index in [-0.39, 0.29) is 0 Å². The van der Waals surface area contributed by atoms with Crippen molar-refractivity contribution in [1.82, 2.24) is 4.57 Å². The largest absolute Gasteiger partial charge is 0.309 e. The number of para-hydroxylation sites is 1. The maximum Gasteiger partial charge on any atom is 0.0626 e. The molecule has 1 nitrogen and oxygen atoms in total. The van der Waals surface area contributed by atoms with E-state index in [0.29, 0.717) is 0 Å². The van der Waals surface area contributed by atoms with Crippen molar-refractivity contribution in [2.75, 3.05) is 0 Å². The van der Waals surface area contributed by atoms with Gasteiger partial charge >= 0.3 is 0 Å². The van der Waals surface area contributed by atoms with Crippen molar-refractivity contribution >= 4 is 107 Å². The van der Waals surface area contributed by atoms with Crippen molar-refractivity contribution < 1.29 is 0 Å². The highest BCUT2D eigenvalue weighted by atomic mass is 32.1. The molecule has 15 rings (SSSR count). The Bertz CT molecular complexity index is 4310. The number of benzene rings is 12. The maximum absolute atomic E-state index is 2.50. The fraction of sp³-hybridized carbons (Fsp3) is 0. The summed E-state index contributed by atoms with van der Waals surface area (Å²) >= 11 is 1.89. The summed E-state index contributed by atoms with van der Waals surface area (Å²) in [5.41, 5.74) is 14.0. The Morgan fingerprint density at radius 2 is 0.844 bits per heavy atom. The first-order chi connectivity index (χ1) is 31.7. The standard InChI is InChI=1S/C62H35NS/c1-2-12-40(13-3-1)63-56-30-22-36-11-4-5-14-42(36)60(56)52-29-28-51-46-25-21-37(33-53(46)45-17-8-9-18-49(45)61(51)62(52)63)38-23-31-57-54(34-38)55-35-39(24-32-58(55)64-57)41-26-27-50-44-16-7-6-15-43(44)48-20-10-19-47(41)59(48)50/h1-35H. The SMILES string of the molecule is c1ccc(-n2c3ccc4ccccc4c3c3ccc4c5ccc(-c6ccc7sc8ccc(-c9ccc%10c%11c(cccc9%11)-c9ccccc9-%10)cc8c7c6)cc5c5ccccc5c4c32)cc1. The van der Waals surface area contributed by atoms with Crippen molar-refractivity contribution in [2.45, 2.75) is 0 Å². The van der Waals surface area contributed by atoms with Gasteiger partial charge in [0.2, 0.25) is 0 Å². The van der Waals surface area contributed by atoms with Gasteiger partial charge in [-0.1, -0.05) is 164 Å². The molecule has 1 aliphatic carbocycles. The first-order valence-corrected chi connectivity index (χ1v) is 23.0. The van der Waals surface area contributed by atoms with Crippen LogP contribution >= 0.6 is 11.3 Å². The number of aromatic nitrogens is 1. The first-order valence-electron chi connectivity index (χ1n) is 22.2. The van der Waals surface area contributed by atoms with Crippen molar-refractivity contribution in [1.29, 1.82) is 0 Å². The third-order valence-corrected chi connectivity index (χ3v) is 15.4. The van der Waals surface area contributed by atoms with Gasteiger partial charge in [0.25, 0.3) is 0 Å². The molecule has 2 heterocycles. The molecule has 0 atom stereocenters. The molecule has 0 bridgehead atoms. The summed E-state index contributed by atoms with van der Waals surface area (Å²) in [6.07, 6.45) is 0. The minimum atomic E-state index is 1.17. The van der Waals surface area contributed by atoms with Crippen LogP contribution < -0.4 is 0 Å². The van der Waals surface area contributed by atoms with Crippen LogP contribution in [0.2, 0.25) is 0 Å². The predicted octanol–water partition coefficient (Wildman–Crippen LogP) is 17.9. The van der Waals surface area contributed by atoms with Crippen LogP contribution in [-0.2, 0) is 0 Å². The monoisotopic (exact) mass is 825 g/mol. The van der Waals surface area contributed by atoms with E-state index in [1.54, 1.807) is 0 Å². The van der Waals surface area contributed by atoms with E-state index in [2.05, 4.69) is 217 Å². The second kappa shape index (κ2) is 12.8. The Kier molecular flexibility index (Phi) is 6.89. The van der Waals surface area contributed by atoms with Crippen molar-refractivity contribution in [2.24, 2.45) is 0 Å². The molecule has 0 saturated carbocycles. The van der Waals surface area contributed by atoms with Gasteiger partial charge in [0.05, 0.1) is 11.0 Å². The summed E-state index contributed by atoms with van der Waals surface area (Å²) in [6, 6.07) is 79.7. The molecule has 2 heteroatoms. The molecule has 0 amide bonds. The molecule has 0 fully saturated rings. The number of thiophene rings is 1. The zero-order chi connectivity index (χ0) is 41.6. The normalized spacial score (nSPS) is 12.4. The lowest BCUT2D eigenvalue weighted by atomic mass is 9.90. The highest BCUT2D eigenvalue weighted by Gasteiger charge is 2.24. The van der Waals surface area contributed by atoms with Crippen molar-refractivity contribution in [3.63, 3.8) is 0 Å². The van der Waals surface area contributed by atoms with E-state index < -0.39 is 0 Å². The van der Waals surface area contributed by atoms with Gasteiger partial charge in [-0.25, -0.2) is 0 Å². The van der Waals surface area contributed by atoms with Gasteiger partial charge in [-0.05, 0) is 142 Å². The summed E-state index contributed by atoms with van der Waals surface area (Å²) < 4.78 is 5.13. The molecule has 1 aliphatic rings. The molecular weight excluding hydrogens is 791 g/mol. The summed E-state index contributed by atoms with van der Waals surface area (Å²) in [4.78, 5) is 0. The topological polar surface area (TPSA) is 4.93 Å². The van der Waals surface area contributed by atoms with Crippen LogP contribution in [0.25, 0.3) is 146 Å². The van der Waals surface area contributed by atoms with Gasteiger partial charge in [0, 0.05) is 42.0 Å². The van der Waals surface area contributed by atoms with Gasteiger partial charge in [-0.2, -0.15) is 0 Å². The Morgan fingerprint density at radius 1 is 0.281 bits per heavy atom. The van der Waals surface area contributed by atoms with Crippen LogP contribution in [0, 0.1) is 0 Å². The van der Waals surface area contributed by atoms with Gasteiger partial charge in [-0.3, -0.25) is 0 Å². The van der Waals surface area contributed by atoms with Crippen LogP contribution in [0.4, 0.5) is 0 Å². The van der Waals surface area contributed by atoms with E-state index in [9.17, 15) is 0 Å². The van der Waals surface area contributed by atoms with Crippen molar-refractivity contribution in [3.8, 4) is 50.2 Å². The van der Waals surface area contributed by atoms with Gasteiger partial charge < -0.3 is 4.57 Å². The smallest absolute Gasteiger partial charge is 0.0626 e. The molecule has 14 aromatic rings. The number of rotatable bonds is 3. The lowest BCUT2D eigenvalue weighted by Gasteiger charge is -2.15. The third-order valence-electron chi connectivity index (χ3n) is 14.3. The molecule has 12 aromatic carbocycles. The fourth-order valence-corrected chi connectivity index (χ4v) is 12.6. The van der Waals surface area contributed by atoms with E-state index in [0.717, 1.165) is 0 Å². The Balaban J connectivity index is 0.928. The lowest BCUT2D eigenvalue weighted by Crippen LogP contribution is -1.95. The number of hydrogen-bond donors (Lipinski definition) is 0. The summed E-state index contributed by atoms with van der Waals surface area (Å²) in [5.74, 6) is 0. The number of hydrogen-bond acceptors (Lipinski definition) is 1. The van der Waals surface area contributed by atoms with Crippen LogP contribution in [0.3, 0.4) is 0 Å². The van der Waals surface area contributed by atoms with Crippen LogP contribution in [-0.4, -0.2) is 4.57 Å². The van der Waals surface area contributed by atoms with E-state index in [1.807, 2.05) is 11.3 Å². The molecule has 0 spiro atoms. The fourth-order valence-electron chi connectivity index (χ4n) is 11.5. The molecular formula is C62H35NS. The van der Waals surface area contributed by atoms with Crippen LogP contribution in [0.1, 0.15) is 0 Å². The number of nitrogens with zero attached hydrogens (tertiary/aromatic N) is 1. The highest BCUT2D eigenvalue weighted by molar-refractivity contribution is 7.25.